The van der Waals surface area contributed by atoms with Crippen LogP contribution in [0.3, 0.4) is 0 Å². The molecule has 20 heavy (non-hydrogen) atoms. The number of nitrogens with two attached hydrogens (primary N) is 2. The van der Waals surface area contributed by atoms with Crippen molar-refractivity contribution < 1.29 is 24.3 Å². The van der Waals surface area contributed by atoms with E-state index < -0.39 is 41.8 Å². The van der Waals surface area contributed by atoms with Crippen LogP contribution in [0, 0.1) is 0 Å². The average molecular weight is 288 g/mol. The van der Waals surface area contributed by atoms with Crippen molar-refractivity contribution in [1.29, 1.82) is 0 Å². The molecule has 0 rings (SSSR count). The molecule has 0 heterocycles. The van der Waals surface area contributed by atoms with Gasteiger partial charge in [0.1, 0.15) is 12.1 Å². The van der Waals surface area contributed by atoms with E-state index in [1.165, 1.54) is 13.8 Å². The second-order valence-electron chi connectivity index (χ2n) is 4.42. The summed E-state index contributed by atoms with van der Waals surface area (Å²) in [6.07, 6.45) is -0.289. The third-order valence-corrected chi connectivity index (χ3v) is 2.46. The molecule has 0 spiro atoms. The number of hydrogen-bond acceptors (Lipinski definition) is 5. The number of carboxylic acids is 1. The monoisotopic (exact) mass is 288 g/mol. The normalized spacial score (nSPS) is 14.8. The number of carbonyl (C=O) groups excluding carboxylic acids is 3. The Morgan fingerprint density at radius 3 is 2.05 bits per heavy atom. The Balaban J connectivity index is 4.48. The minimum atomic E-state index is -1.29. The highest BCUT2D eigenvalue weighted by Crippen LogP contribution is 1.98. The molecule has 0 aliphatic carbocycles. The molecule has 3 atom stereocenters. The van der Waals surface area contributed by atoms with Crippen molar-refractivity contribution in [2.45, 2.75) is 44.8 Å². The number of carbonyl (C=O) groups is 4. The molecule has 0 unspecified atom stereocenters. The lowest BCUT2D eigenvalue weighted by Crippen LogP contribution is -2.52. The van der Waals surface area contributed by atoms with Crippen LogP contribution in [-0.2, 0) is 19.2 Å². The maximum Gasteiger partial charge on any atom is 0.326 e. The summed E-state index contributed by atoms with van der Waals surface area (Å²) in [5.74, 6) is -3.17. The van der Waals surface area contributed by atoms with Crippen molar-refractivity contribution in [2.24, 2.45) is 11.5 Å². The molecule has 3 amide bonds. The summed E-state index contributed by atoms with van der Waals surface area (Å²) in [6.45, 7) is 2.84. The first kappa shape index (κ1) is 17.8. The van der Waals surface area contributed by atoms with Gasteiger partial charge in [0.15, 0.2) is 0 Å². The molecular weight excluding hydrogens is 268 g/mol. The van der Waals surface area contributed by atoms with Crippen LogP contribution in [0.4, 0.5) is 0 Å². The molecule has 0 aromatic heterocycles. The van der Waals surface area contributed by atoms with Gasteiger partial charge in [-0.3, -0.25) is 14.4 Å². The molecule has 0 aromatic carbocycles. The second-order valence-corrected chi connectivity index (χ2v) is 4.42. The maximum absolute atomic E-state index is 11.7. The molecule has 0 aromatic rings. The predicted octanol–water partition coefficient (Wildman–Crippen LogP) is -2.33. The van der Waals surface area contributed by atoms with Crippen LogP contribution < -0.4 is 22.1 Å². The number of nitrogens with one attached hydrogen (secondary N) is 2. The standard InChI is InChI=1S/C11H20N4O5/c1-5(12)9(17)14-6(2)10(18)15-7(11(19)20)3-4-8(13)16/h5-7H,3-4,12H2,1-2H3,(H2,13,16)(H,14,17)(H,15,18)(H,19,20)/t5-,6-,7+/m0/s1. The van der Waals surface area contributed by atoms with Crippen LogP contribution in [0.1, 0.15) is 26.7 Å². The summed E-state index contributed by atoms with van der Waals surface area (Å²) < 4.78 is 0. The summed E-state index contributed by atoms with van der Waals surface area (Å²) in [5.41, 5.74) is 10.2. The van der Waals surface area contributed by atoms with Gasteiger partial charge in [0.25, 0.3) is 0 Å². The minimum Gasteiger partial charge on any atom is -0.480 e. The van der Waals surface area contributed by atoms with Gasteiger partial charge in [-0.15, -0.1) is 0 Å². The zero-order valence-corrected chi connectivity index (χ0v) is 11.4. The molecule has 0 saturated heterocycles. The van der Waals surface area contributed by atoms with E-state index in [9.17, 15) is 19.2 Å². The molecule has 9 nitrogen and oxygen atoms in total. The SMILES string of the molecule is C[C@H](N)C(=O)N[C@@H](C)C(=O)N[C@H](CCC(N)=O)C(=O)O. The fourth-order valence-corrected chi connectivity index (χ4v) is 1.25. The van der Waals surface area contributed by atoms with E-state index in [1.807, 2.05) is 0 Å². The maximum atomic E-state index is 11.7. The Labute approximate surface area is 116 Å². The highest BCUT2D eigenvalue weighted by atomic mass is 16.4. The number of rotatable bonds is 8. The van der Waals surface area contributed by atoms with E-state index >= 15 is 0 Å². The molecule has 0 saturated carbocycles. The zero-order chi connectivity index (χ0) is 15.9. The van der Waals surface area contributed by atoms with Crippen LogP contribution >= 0.6 is 0 Å². The van der Waals surface area contributed by atoms with E-state index in [4.69, 9.17) is 16.6 Å². The molecule has 0 aliphatic rings. The number of hydrogen-bond donors (Lipinski definition) is 5. The Morgan fingerprint density at radius 1 is 1.10 bits per heavy atom. The highest BCUT2D eigenvalue weighted by molar-refractivity contribution is 5.91. The first-order valence-electron chi connectivity index (χ1n) is 6.02. The molecule has 0 radical (unpaired) electrons. The largest absolute Gasteiger partial charge is 0.480 e. The fraction of sp³-hybridized carbons (Fsp3) is 0.636. The third-order valence-electron chi connectivity index (χ3n) is 2.46. The minimum absolute atomic E-state index is 0.121. The second kappa shape index (κ2) is 8.10. The van der Waals surface area contributed by atoms with Crippen LogP contribution in [0.5, 0.6) is 0 Å². The smallest absolute Gasteiger partial charge is 0.326 e. The Morgan fingerprint density at radius 2 is 1.65 bits per heavy atom. The number of aliphatic carboxylic acids is 1. The number of carboxylic acid groups (broad SMARTS) is 1. The van der Waals surface area contributed by atoms with Gasteiger partial charge in [-0.1, -0.05) is 0 Å². The average Bonchev–Trinajstić information content (AvgIpc) is 2.32. The fourth-order valence-electron chi connectivity index (χ4n) is 1.25. The van der Waals surface area contributed by atoms with Crippen molar-refractivity contribution in [3.63, 3.8) is 0 Å². The van der Waals surface area contributed by atoms with Crippen molar-refractivity contribution in [2.75, 3.05) is 0 Å². The van der Waals surface area contributed by atoms with Crippen molar-refractivity contribution in [3.05, 3.63) is 0 Å². The van der Waals surface area contributed by atoms with Crippen LogP contribution in [0.2, 0.25) is 0 Å². The molecule has 114 valence electrons. The van der Waals surface area contributed by atoms with Gasteiger partial charge in [-0.05, 0) is 20.3 Å². The Kier molecular flexibility index (Phi) is 7.22. The lowest BCUT2D eigenvalue weighted by atomic mass is 10.1. The zero-order valence-electron chi connectivity index (χ0n) is 11.4. The van der Waals surface area contributed by atoms with Gasteiger partial charge >= 0.3 is 5.97 Å². The van der Waals surface area contributed by atoms with Crippen molar-refractivity contribution in [1.82, 2.24) is 10.6 Å². The Bertz CT molecular complexity index is 396. The molecule has 0 aliphatic heterocycles. The summed E-state index contributed by atoms with van der Waals surface area (Å²) in [4.78, 5) is 44.6. The van der Waals surface area contributed by atoms with Gasteiger partial charge in [0.05, 0.1) is 6.04 Å². The lowest BCUT2D eigenvalue weighted by molar-refractivity contribution is -0.142. The van der Waals surface area contributed by atoms with Gasteiger partial charge in [-0.2, -0.15) is 0 Å². The third kappa shape index (κ3) is 6.69. The predicted molar refractivity (Wildman–Crippen MR) is 69.2 cm³/mol. The number of primary amides is 1. The van der Waals surface area contributed by atoms with E-state index in [2.05, 4.69) is 10.6 Å². The van der Waals surface area contributed by atoms with Crippen molar-refractivity contribution in [3.8, 4) is 0 Å². The topological polar surface area (TPSA) is 165 Å². The van der Waals surface area contributed by atoms with Gasteiger partial charge < -0.3 is 27.2 Å². The summed E-state index contributed by atoms with van der Waals surface area (Å²) >= 11 is 0. The van der Waals surface area contributed by atoms with Crippen LogP contribution in [0.15, 0.2) is 0 Å². The summed E-state index contributed by atoms with van der Waals surface area (Å²) in [7, 11) is 0. The van der Waals surface area contributed by atoms with E-state index in [1.54, 1.807) is 0 Å². The van der Waals surface area contributed by atoms with Crippen LogP contribution in [0.25, 0.3) is 0 Å². The molecule has 0 bridgehead atoms. The van der Waals surface area contributed by atoms with Gasteiger partial charge in [-0.25, -0.2) is 4.79 Å². The molecule has 7 N–H and O–H groups in total. The van der Waals surface area contributed by atoms with Gasteiger partial charge in [0, 0.05) is 6.42 Å². The summed E-state index contributed by atoms with van der Waals surface area (Å²) in [6, 6.07) is -2.97. The van der Waals surface area contributed by atoms with E-state index in [-0.39, 0.29) is 12.8 Å². The molecule has 9 heteroatoms. The lowest BCUT2D eigenvalue weighted by Gasteiger charge is -2.19. The van der Waals surface area contributed by atoms with E-state index in [0.29, 0.717) is 0 Å². The van der Waals surface area contributed by atoms with Crippen LogP contribution in [-0.4, -0.2) is 46.9 Å². The van der Waals surface area contributed by atoms with Crippen molar-refractivity contribution >= 4 is 23.7 Å². The Hall–Kier alpha value is -2.16. The van der Waals surface area contributed by atoms with Gasteiger partial charge in [0.2, 0.25) is 17.7 Å². The first-order chi connectivity index (χ1) is 9.15. The van der Waals surface area contributed by atoms with E-state index in [0.717, 1.165) is 0 Å². The quantitative estimate of drug-likeness (QED) is 0.336. The summed E-state index contributed by atoms with van der Waals surface area (Å²) in [5, 5.41) is 13.5. The molecule has 0 fully saturated rings. The number of amides is 3. The first-order valence-corrected chi connectivity index (χ1v) is 6.02. The highest BCUT2D eigenvalue weighted by Gasteiger charge is 2.24. The molecular formula is C11H20N4O5.